The molecule has 2 rings (SSSR count). The maximum absolute atomic E-state index is 5.24. The first-order chi connectivity index (χ1) is 6.68. The van der Waals surface area contributed by atoms with Gasteiger partial charge in [0.15, 0.2) is 4.77 Å². The molecule has 0 spiro atoms. The number of aromatic nitrogens is 2. The highest BCUT2D eigenvalue weighted by Crippen LogP contribution is 2.04. The van der Waals surface area contributed by atoms with E-state index in [1.807, 2.05) is 6.20 Å². The molecule has 0 bridgehead atoms. The molecular weight excluding hydrogens is 196 g/mol. The molecule has 0 saturated carbocycles. The zero-order valence-electron chi connectivity index (χ0n) is 8.66. The van der Waals surface area contributed by atoms with Crippen LogP contribution in [-0.2, 0) is 0 Å². The summed E-state index contributed by atoms with van der Waals surface area (Å²) in [5, 5.41) is 2.30. The molecule has 14 heavy (non-hydrogen) atoms. The Labute approximate surface area is 89.1 Å². The number of likely N-dealkylation sites (N-methyl/N-ethyl adjacent to an activating group) is 1. The number of aromatic amines is 1. The minimum atomic E-state index is 0.798. The first kappa shape index (κ1) is 9.73. The van der Waals surface area contributed by atoms with Crippen LogP contribution in [0.2, 0.25) is 0 Å². The fraction of sp³-hybridized carbons (Fsp3) is 0.667. The van der Waals surface area contributed by atoms with Gasteiger partial charge in [0, 0.05) is 32.4 Å². The lowest BCUT2D eigenvalue weighted by Crippen LogP contribution is -2.50. The highest BCUT2D eigenvalue weighted by Gasteiger charge is 2.15. The second-order valence-electron chi connectivity index (χ2n) is 3.80. The lowest BCUT2D eigenvalue weighted by molar-refractivity contribution is 0.285. The predicted molar refractivity (Wildman–Crippen MR) is 59.8 cm³/mol. The minimum absolute atomic E-state index is 0.798. The zero-order chi connectivity index (χ0) is 10.1. The van der Waals surface area contributed by atoms with Crippen molar-refractivity contribution in [3.8, 4) is 0 Å². The molecular formula is C9H16N4S. The van der Waals surface area contributed by atoms with Crippen LogP contribution in [0.25, 0.3) is 0 Å². The maximum atomic E-state index is 5.24. The van der Waals surface area contributed by atoms with Gasteiger partial charge in [-0.3, -0.25) is 0 Å². The van der Waals surface area contributed by atoms with Crippen molar-refractivity contribution in [2.75, 3.05) is 38.2 Å². The number of imidazole rings is 1. The Hall–Kier alpha value is -0.810. The molecule has 1 fully saturated rings. The minimum Gasteiger partial charge on any atom is -0.336 e. The van der Waals surface area contributed by atoms with Crippen LogP contribution in [0, 0.1) is 11.7 Å². The number of nitrogens with zero attached hydrogens (tertiary/aromatic N) is 3. The largest absolute Gasteiger partial charge is 0.336 e. The Kier molecular flexibility index (Phi) is 2.60. The number of rotatable bonds is 1. The number of piperazine rings is 1. The number of hydrogen-bond acceptors (Lipinski definition) is 3. The van der Waals surface area contributed by atoms with Gasteiger partial charge in [-0.05, 0) is 26.2 Å². The molecule has 0 amide bonds. The summed E-state index contributed by atoms with van der Waals surface area (Å²) in [4.78, 5) is 5.40. The molecule has 1 aromatic heterocycles. The van der Waals surface area contributed by atoms with Crippen LogP contribution in [0.4, 0.5) is 0 Å². The molecule has 1 N–H and O–H groups in total. The van der Waals surface area contributed by atoms with Gasteiger partial charge in [-0.25, -0.2) is 4.68 Å². The van der Waals surface area contributed by atoms with E-state index in [2.05, 4.69) is 33.5 Å². The number of hydrogen-bond donors (Lipinski definition) is 1. The van der Waals surface area contributed by atoms with Gasteiger partial charge in [0.05, 0.1) is 5.69 Å². The van der Waals surface area contributed by atoms with E-state index in [0.29, 0.717) is 0 Å². The van der Waals surface area contributed by atoms with Crippen molar-refractivity contribution in [2.24, 2.45) is 0 Å². The van der Waals surface area contributed by atoms with Crippen LogP contribution >= 0.6 is 12.2 Å². The van der Waals surface area contributed by atoms with Crippen LogP contribution in [0.3, 0.4) is 0 Å². The summed E-state index contributed by atoms with van der Waals surface area (Å²) in [6, 6.07) is 0. The second kappa shape index (κ2) is 3.74. The van der Waals surface area contributed by atoms with Crippen molar-refractivity contribution in [3.63, 3.8) is 0 Å². The Bertz CT molecular complexity index is 359. The standard InChI is InChI=1S/C9H16N4S/c1-8-7-10-9(14)13(8)12-5-3-11(2)4-6-12/h7H,3-6H2,1-2H3,(H,10,14). The lowest BCUT2D eigenvalue weighted by Gasteiger charge is -2.34. The molecule has 1 saturated heterocycles. The van der Waals surface area contributed by atoms with Crippen molar-refractivity contribution in [2.45, 2.75) is 6.92 Å². The molecule has 2 heterocycles. The van der Waals surface area contributed by atoms with Gasteiger partial charge in [-0.15, -0.1) is 0 Å². The number of aryl methyl sites for hydroxylation is 1. The molecule has 0 atom stereocenters. The first-order valence-electron chi connectivity index (χ1n) is 4.89. The molecule has 1 aromatic rings. The monoisotopic (exact) mass is 212 g/mol. The van der Waals surface area contributed by atoms with Crippen LogP contribution in [0.15, 0.2) is 6.20 Å². The van der Waals surface area contributed by atoms with E-state index in [-0.39, 0.29) is 0 Å². The average molecular weight is 212 g/mol. The third-order valence-corrected chi connectivity index (χ3v) is 2.98. The smallest absolute Gasteiger partial charge is 0.196 e. The quantitative estimate of drug-likeness (QED) is 0.696. The van der Waals surface area contributed by atoms with Gasteiger partial charge in [0.25, 0.3) is 0 Å². The summed E-state index contributed by atoms with van der Waals surface area (Å²) in [6.45, 7) is 6.37. The molecule has 78 valence electrons. The summed E-state index contributed by atoms with van der Waals surface area (Å²) in [6.07, 6.45) is 1.96. The fourth-order valence-corrected chi connectivity index (χ4v) is 2.11. The van der Waals surface area contributed by atoms with E-state index in [1.54, 1.807) is 0 Å². The van der Waals surface area contributed by atoms with Crippen molar-refractivity contribution >= 4 is 12.2 Å². The molecule has 0 aliphatic carbocycles. The Balaban J connectivity index is 2.20. The molecule has 1 aliphatic rings. The highest BCUT2D eigenvalue weighted by molar-refractivity contribution is 7.71. The summed E-state index contributed by atoms with van der Waals surface area (Å²) in [7, 11) is 2.15. The Morgan fingerprint density at radius 1 is 1.29 bits per heavy atom. The van der Waals surface area contributed by atoms with Crippen LogP contribution in [0.1, 0.15) is 5.69 Å². The van der Waals surface area contributed by atoms with E-state index in [1.165, 1.54) is 5.69 Å². The average Bonchev–Trinajstić information content (AvgIpc) is 2.49. The van der Waals surface area contributed by atoms with Gasteiger partial charge in [-0.2, -0.15) is 0 Å². The van der Waals surface area contributed by atoms with Crippen molar-refractivity contribution < 1.29 is 0 Å². The molecule has 5 heteroatoms. The van der Waals surface area contributed by atoms with Gasteiger partial charge < -0.3 is 14.9 Å². The molecule has 0 aromatic carbocycles. The van der Waals surface area contributed by atoms with Gasteiger partial charge in [0.1, 0.15) is 0 Å². The second-order valence-corrected chi connectivity index (χ2v) is 4.19. The van der Waals surface area contributed by atoms with Gasteiger partial charge in [-0.1, -0.05) is 0 Å². The summed E-state index contributed by atoms with van der Waals surface area (Å²) < 4.78 is 2.90. The van der Waals surface area contributed by atoms with Crippen LogP contribution < -0.4 is 5.01 Å². The van der Waals surface area contributed by atoms with Crippen LogP contribution in [-0.4, -0.2) is 47.8 Å². The summed E-state index contributed by atoms with van der Waals surface area (Å²) in [5.74, 6) is 0. The highest BCUT2D eigenvalue weighted by atomic mass is 32.1. The third kappa shape index (κ3) is 1.69. The van der Waals surface area contributed by atoms with E-state index in [0.717, 1.165) is 31.0 Å². The lowest BCUT2D eigenvalue weighted by atomic mass is 10.4. The first-order valence-corrected chi connectivity index (χ1v) is 5.30. The van der Waals surface area contributed by atoms with E-state index >= 15 is 0 Å². The topological polar surface area (TPSA) is 27.2 Å². The number of H-pyrrole nitrogens is 1. The summed E-state index contributed by atoms with van der Waals surface area (Å²) in [5.41, 5.74) is 1.18. The third-order valence-electron chi connectivity index (χ3n) is 2.69. The number of nitrogens with one attached hydrogen (secondary N) is 1. The Morgan fingerprint density at radius 2 is 1.93 bits per heavy atom. The fourth-order valence-electron chi connectivity index (χ4n) is 1.80. The SMILES string of the molecule is Cc1c[nH]c(=S)n1N1CCN(C)CC1. The van der Waals surface area contributed by atoms with Crippen LogP contribution in [0.5, 0.6) is 0 Å². The molecule has 1 aliphatic heterocycles. The van der Waals surface area contributed by atoms with Gasteiger partial charge >= 0.3 is 0 Å². The predicted octanol–water partition coefficient (Wildman–Crippen LogP) is 0.738. The van der Waals surface area contributed by atoms with Crippen molar-refractivity contribution in [3.05, 3.63) is 16.7 Å². The van der Waals surface area contributed by atoms with E-state index < -0.39 is 0 Å². The van der Waals surface area contributed by atoms with Crippen molar-refractivity contribution in [1.29, 1.82) is 0 Å². The molecule has 4 nitrogen and oxygen atoms in total. The van der Waals surface area contributed by atoms with E-state index in [9.17, 15) is 0 Å². The zero-order valence-corrected chi connectivity index (χ0v) is 9.47. The molecule has 0 unspecified atom stereocenters. The molecule has 0 radical (unpaired) electrons. The normalized spacial score (nSPS) is 18.9. The maximum Gasteiger partial charge on any atom is 0.196 e. The van der Waals surface area contributed by atoms with Crippen molar-refractivity contribution in [1.82, 2.24) is 14.6 Å². The summed E-state index contributed by atoms with van der Waals surface area (Å²) >= 11 is 5.24. The Morgan fingerprint density at radius 3 is 2.43 bits per heavy atom. The van der Waals surface area contributed by atoms with Gasteiger partial charge in [0.2, 0.25) is 0 Å². The van der Waals surface area contributed by atoms with E-state index in [4.69, 9.17) is 12.2 Å².